The van der Waals surface area contributed by atoms with Gasteiger partial charge in [-0.05, 0) is 13.0 Å². The van der Waals surface area contributed by atoms with Crippen LogP contribution in [0.1, 0.15) is 13.8 Å². The molecule has 2 rings (SSSR count). The second-order valence-electron chi connectivity index (χ2n) is 4.68. The van der Waals surface area contributed by atoms with Crippen molar-refractivity contribution in [3.63, 3.8) is 0 Å². The summed E-state index contributed by atoms with van der Waals surface area (Å²) in [7, 11) is -1.86. The second-order valence-corrected chi connectivity index (χ2v) is 8.47. The molecule has 20 heavy (non-hydrogen) atoms. The highest BCUT2D eigenvalue weighted by molar-refractivity contribution is 8.00. The zero-order valence-electron chi connectivity index (χ0n) is 11.6. The SMILES string of the molecule is CNc1ncc(S(=O)(=O)N2CCSC(C)C2C)cc1Cl. The number of thioether (sulfide) groups is 1. The molecular formula is C12H18ClN3O2S2. The van der Waals surface area contributed by atoms with E-state index in [-0.39, 0.29) is 16.2 Å². The van der Waals surface area contributed by atoms with Crippen LogP contribution in [-0.4, -0.2) is 48.3 Å². The normalized spacial score (nSPS) is 24.6. The van der Waals surface area contributed by atoms with E-state index in [0.717, 1.165) is 5.75 Å². The van der Waals surface area contributed by atoms with Crippen molar-refractivity contribution in [2.45, 2.75) is 30.0 Å². The third-order valence-corrected chi connectivity index (χ3v) is 7.06. The van der Waals surface area contributed by atoms with Crippen molar-refractivity contribution in [1.82, 2.24) is 9.29 Å². The van der Waals surface area contributed by atoms with Crippen LogP contribution in [0.2, 0.25) is 5.02 Å². The van der Waals surface area contributed by atoms with Crippen LogP contribution in [0.5, 0.6) is 0 Å². The van der Waals surface area contributed by atoms with Gasteiger partial charge >= 0.3 is 0 Å². The minimum Gasteiger partial charge on any atom is -0.372 e. The summed E-state index contributed by atoms with van der Waals surface area (Å²) in [5.41, 5.74) is 0. The predicted molar refractivity (Wildman–Crippen MR) is 84.1 cm³/mol. The standard InChI is InChI=1S/C12H18ClN3O2S2/c1-8-9(2)19-5-4-16(8)20(17,18)10-6-11(13)12(14-3)15-7-10/h6-9H,4-5H2,1-3H3,(H,14,15). The van der Waals surface area contributed by atoms with Crippen LogP contribution in [-0.2, 0) is 10.0 Å². The van der Waals surface area contributed by atoms with Crippen molar-refractivity contribution < 1.29 is 8.42 Å². The van der Waals surface area contributed by atoms with Crippen molar-refractivity contribution in [2.75, 3.05) is 24.7 Å². The Labute approximate surface area is 129 Å². The molecule has 1 aliphatic rings. The van der Waals surface area contributed by atoms with Crippen molar-refractivity contribution in [3.05, 3.63) is 17.3 Å². The molecule has 1 saturated heterocycles. The molecule has 1 fully saturated rings. The molecular weight excluding hydrogens is 318 g/mol. The lowest BCUT2D eigenvalue weighted by atomic mass is 10.2. The molecule has 0 bridgehead atoms. The molecule has 2 unspecified atom stereocenters. The monoisotopic (exact) mass is 335 g/mol. The summed E-state index contributed by atoms with van der Waals surface area (Å²) in [5.74, 6) is 1.28. The maximum atomic E-state index is 12.7. The van der Waals surface area contributed by atoms with E-state index in [2.05, 4.69) is 10.3 Å². The largest absolute Gasteiger partial charge is 0.372 e. The second kappa shape index (κ2) is 6.09. The Kier molecular flexibility index (Phi) is 4.84. The number of aromatic nitrogens is 1. The maximum Gasteiger partial charge on any atom is 0.244 e. The van der Waals surface area contributed by atoms with E-state index < -0.39 is 10.0 Å². The highest BCUT2D eigenvalue weighted by Gasteiger charge is 2.35. The summed E-state index contributed by atoms with van der Waals surface area (Å²) in [6.45, 7) is 4.50. The lowest BCUT2D eigenvalue weighted by Gasteiger charge is -2.36. The average molecular weight is 336 g/mol. The van der Waals surface area contributed by atoms with Gasteiger partial charge in [-0.2, -0.15) is 16.1 Å². The molecule has 1 aromatic rings. The number of nitrogens with one attached hydrogen (secondary N) is 1. The molecule has 0 saturated carbocycles. The summed E-state index contributed by atoms with van der Waals surface area (Å²) in [6, 6.07) is 1.41. The van der Waals surface area contributed by atoms with E-state index in [1.54, 1.807) is 23.1 Å². The van der Waals surface area contributed by atoms with Crippen LogP contribution >= 0.6 is 23.4 Å². The Morgan fingerprint density at radius 3 is 2.80 bits per heavy atom. The van der Waals surface area contributed by atoms with E-state index in [4.69, 9.17) is 11.6 Å². The molecule has 1 aliphatic heterocycles. The molecule has 2 heterocycles. The lowest BCUT2D eigenvalue weighted by Crippen LogP contribution is -2.47. The van der Waals surface area contributed by atoms with E-state index in [0.29, 0.717) is 17.4 Å². The van der Waals surface area contributed by atoms with Gasteiger partial charge in [0.25, 0.3) is 0 Å². The van der Waals surface area contributed by atoms with Crippen molar-refractivity contribution in [3.8, 4) is 0 Å². The minimum absolute atomic E-state index is 0.0403. The Bertz CT molecular complexity index is 594. The van der Waals surface area contributed by atoms with Gasteiger partial charge in [-0.1, -0.05) is 18.5 Å². The summed E-state index contributed by atoms with van der Waals surface area (Å²) in [5, 5.41) is 3.40. The fraction of sp³-hybridized carbons (Fsp3) is 0.583. The number of rotatable bonds is 3. The first kappa shape index (κ1) is 15.9. The number of nitrogens with zero attached hydrogens (tertiary/aromatic N) is 2. The van der Waals surface area contributed by atoms with Gasteiger partial charge in [-0.3, -0.25) is 0 Å². The van der Waals surface area contributed by atoms with Gasteiger partial charge in [0.1, 0.15) is 10.7 Å². The topological polar surface area (TPSA) is 62.3 Å². The first-order valence-corrected chi connectivity index (χ1v) is 9.21. The van der Waals surface area contributed by atoms with E-state index in [1.165, 1.54) is 12.3 Å². The number of anilines is 1. The third kappa shape index (κ3) is 2.90. The highest BCUT2D eigenvalue weighted by atomic mass is 35.5. The highest BCUT2D eigenvalue weighted by Crippen LogP contribution is 2.30. The van der Waals surface area contributed by atoms with Crippen LogP contribution in [0.25, 0.3) is 0 Å². The predicted octanol–water partition coefficient (Wildman–Crippen LogP) is 2.29. The average Bonchev–Trinajstić information content (AvgIpc) is 2.41. The zero-order chi connectivity index (χ0) is 14.9. The molecule has 0 aliphatic carbocycles. The van der Waals surface area contributed by atoms with Gasteiger partial charge in [0.15, 0.2) is 0 Å². The molecule has 1 aromatic heterocycles. The van der Waals surface area contributed by atoms with Crippen LogP contribution < -0.4 is 5.32 Å². The lowest BCUT2D eigenvalue weighted by molar-refractivity contribution is 0.340. The van der Waals surface area contributed by atoms with E-state index in [9.17, 15) is 8.42 Å². The Morgan fingerprint density at radius 1 is 1.50 bits per heavy atom. The minimum atomic E-state index is -3.55. The summed E-state index contributed by atoms with van der Waals surface area (Å²) >= 11 is 7.82. The van der Waals surface area contributed by atoms with E-state index >= 15 is 0 Å². The molecule has 1 N–H and O–H groups in total. The molecule has 0 aromatic carbocycles. The Balaban J connectivity index is 2.37. The number of hydrogen-bond donors (Lipinski definition) is 1. The fourth-order valence-corrected chi connectivity index (χ4v) is 5.42. The summed E-state index contributed by atoms with van der Waals surface area (Å²) in [4.78, 5) is 4.19. The number of halogens is 1. The van der Waals surface area contributed by atoms with Crippen LogP contribution in [0.15, 0.2) is 17.2 Å². The third-order valence-electron chi connectivity index (χ3n) is 3.49. The van der Waals surface area contributed by atoms with Gasteiger partial charge in [0.2, 0.25) is 10.0 Å². The van der Waals surface area contributed by atoms with Gasteiger partial charge < -0.3 is 5.32 Å². The Morgan fingerprint density at radius 2 is 2.20 bits per heavy atom. The van der Waals surface area contributed by atoms with Crippen LogP contribution in [0.3, 0.4) is 0 Å². The first-order valence-electron chi connectivity index (χ1n) is 6.34. The fourth-order valence-electron chi connectivity index (χ4n) is 2.13. The molecule has 2 atom stereocenters. The molecule has 8 heteroatoms. The number of pyridine rings is 1. The molecule has 0 radical (unpaired) electrons. The Hall–Kier alpha value is -0.500. The van der Waals surface area contributed by atoms with Gasteiger partial charge in [0, 0.05) is 36.8 Å². The van der Waals surface area contributed by atoms with Gasteiger partial charge in [0.05, 0.1) is 5.02 Å². The van der Waals surface area contributed by atoms with Crippen LogP contribution in [0, 0.1) is 0 Å². The van der Waals surface area contributed by atoms with Crippen molar-refractivity contribution in [2.24, 2.45) is 0 Å². The van der Waals surface area contributed by atoms with Crippen molar-refractivity contribution >= 4 is 39.2 Å². The van der Waals surface area contributed by atoms with Crippen LogP contribution in [0.4, 0.5) is 5.82 Å². The summed E-state index contributed by atoms with van der Waals surface area (Å²) < 4.78 is 26.9. The van der Waals surface area contributed by atoms with Crippen molar-refractivity contribution in [1.29, 1.82) is 0 Å². The zero-order valence-corrected chi connectivity index (χ0v) is 14.0. The molecule has 5 nitrogen and oxygen atoms in total. The summed E-state index contributed by atoms with van der Waals surface area (Å²) in [6.07, 6.45) is 1.35. The quantitative estimate of drug-likeness (QED) is 0.918. The smallest absolute Gasteiger partial charge is 0.244 e. The first-order chi connectivity index (χ1) is 9.37. The molecule has 0 spiro atoms. The van der Waals surface area contributed by atoms with E-state index in [1.807, 2.05) is 13.8 Å². The molecule has 0 amide bonds. The molecule has 112 valence electrons. The van der Waals surface area contributed by atoms with Gasteiger partial charge in [-0.25, -0.2) is 13.4 Å². The van der Waals surface area contributed by atoms with Gasteiger partial charge in [-0.15, -0.1) is 0 Å². The maximum absolute atomic E-state index is 12.7. The number of sulfonamides is 1. The number of hydrogen-bond acceptors (Lipinski definition) is 5.